The molecule has 0 aromatic rings. The quantitative estimate of drug-likeness (QED) is 0.0274. The lowest BCUT2D eigenvalue weighted by Gasteiger charge is -2.31. The number of Topliss-reactive ketones (excluding diaryl/α,β-unsaturated/α-hetero) is 1. The number of amides is 17. The fraction of sp³-hybridized carbons (Fsp3) is 0.762. The number of primary amides is 3. The largest absolute Gasteiger partial charge is 0.481 e. The Hall–Kier alpha value is -10.4. The van der Waals surface area contributed by atoms with Crippen molar-refractivity contribution in [2.75, 3.05) is 6.61 Å². The van der Waals surface area contributed by atoms with E-state index in [0.717, 1.165) is 25.7 Å². The summed E-state index contributed by atoms with van der Waals surface area (Å²) in [5, 5.41) is 56.1. The molecule has 15 atom stereocenters. The van der Waals surface area contributed by atoms with Crippen LogP contribution in [0.5, 0.6) is 0 Å². The first kappa shape index (κ1) is 112. The highest BCUT2D eigenvalue weighted by molar-refractivity contribution is 6.01. The summed E-state index contributed by atoms with van der Waals surface area (Å²) >= 11 is 0. The summed E-state index contributed by atoms with van der Waals surface area (Å²) in [6.07, 6.45) is -2.10. The van der Waals surface area contributed by atoms with Crippen LogP contribution in [0.1, 0.15) is 266 Å². The average Bonchev–Trinajstić information content (AvgIpc) is 0.942. The van der Waals surface area contributed by atoms with Crippen molar-refractivity contribution in [2.45, 2.75) is 357 Å². The number of nitrogens with two attached hydrogens (primary N) is 3. The minimum absolute atomic E-state index is 0.0366. The molecule has 0 bridgehead atoms. The van der Waals surface area contributed by atoms with Crippen molar-refractivity contribution in [2.24, 2.45) is 64.5 Å². The molecule has 17 amide bonds. The van der Waals surface area contributed by atoms with E-state index in [-0.39, 0.29) is 74.9 Å². The minimum atomic E-state index is -2.09. The molecule has 124 heavy (non-hydrogen) atoms. The van der Waals surface area contributed by atoms with Gasteiger partial charge in [-0.2, -0.15) is 0 Å². The van der Waals surface area contributed by atoms with Crippen LogP contribution < -0.4 is 91.6 Å². The predicted octanol–water partition coefficient (Wildman–Crippen LogP) is -0.329. The van der Waals surface area contributed by atoms with E-state index in [1.807, 2.05) is 0 Å². The summed E-state index contributed by atoms with van der Waals surface area (Å²) in [5.41, 5.74) is 16.7. The molecule has 0 radical (unpaired) electrons. The van der Waals surface area contributed by atoms with Gasteiger partial charge in [0.2, 0.25) is 100 Å². The normalized spacial score (nSPS) is 20.5. The number of rotatable bonds is 49. The van der Waals surface area contributed by atoms with Crippen LogP contribution in [-0.4, -0.2) is 226 Å². The van der Waals surface area contributed by atoms with Gasteiger partial charge in [-0.05, 0) is 125 Å². The van der Waals surface area contributed by atoms with Crippen molar-refractivity contribution in [3.63, 3.8) is 0 Å². The van der Waals surface area contributed by atoms with Crippen LogP contribution in [0.3, 0.4) is 0 Å². The van der Waals surface area contributed by atoms with Crippen LogP contribution in [0.4, 0.5) is 0 Å². The molecule has 22 N–H and O–H groups in total. The Labute approximate surface area is 728 Å². The molecule has 1 fully saturated rings. The number of aliphatic carboxylic acids is 1. The van der Waals surface area contributed by atoms with Crippen LogP contribution in [0.15, 0.2) is 0 Å². The molecular weight excluding hydrogens is 1620 g/mol. The molecule has 1 saturated heterocycles. The Morgan fingerprint density at radius 1 is 0.403 bits per heavy atom. The maximum Gasteiger partial charge on any atom is 0.328 e. The number of nitrogens with one attached hydrogen (secondary N) is 14. The number of carbonyl (C=O) groups excluding carboxylic acids is 19. The number of hydrogen-bond donors (Lipinski definition) is 19. The smallest absolute Gasteiger partial charge is 0.328 e. The second-order valence-corrected chi connectivity index (χ2v) is 35.4. The molecule has 1 rings (SSSR count). The Morgan fingerprint density at radius 3 is 1.20 bits per heavy atom. The van der Waals surface area contributed by atoms with E-state index >= 15 is 9.59 Å². The predicted molar refractivity (Wildman–Crippen MR) is 456 cm³/mol. The fourth-order valence-corrected chi connectivity index (χ4v) is 13.4. The van der Waals surface area contributed by atoms with E-state index in [0.29, 0.717) is 12.8 Å². The number of esters is 1. The number of ether oxygens (including phenoxy) is 1. The lowest BCUT2D eigenvalue weighted by molar-refractivity contribution is -0.151. The van der Waals surface area contributed by atoms with Crippen molar-refractivity contribution in [1.82, 2.24) is 74.4 Å². The molecule has 0 spiro atoms. The van der Waals surface area contributed by atoms with E-state index < -0.39 is 291 Å². The van der Waals surface area contributed by atoms with Gasteiger partial charge in [-0.25, -0.2) is 4.79 Å². The highest BCUT2D eigenvalue weighted by Gasteiger charge is 2.41. The minimum Gasteiger partial charge on any atom is -0.481 e. The standard InChI is InChI=1S/C84H145N17O23/c1-19-20-21-22-23-24-51(103)40-66(107)88-57(35-42(2)3)76(115)93-56(30-34-67(108)109)71(110)89-55(29-33-65(87)106)75(114)99-68(47(12)13)81(120)95-60(38-45(8)9)79(118)92-54(28-32-64(86)105)74(113)98-62-41-124-84(123)61(39-46(10)11)97-73(112)53(27-31-63(85)104)91-77(116)58(36-43(4)5)94-72(111)52(26-25-50(18)102)90-78(117)59(37-44(6)7)96-82(121)69(48(14)15)101-83(122)70(49(16)17)100-80(62)119/h42-49,51-62,68-70,103H,19-41H2,1-18H3,(H2,85,104)(H2,86,105)(H2,87,106)(H,88,107)(H,89,110)(H,90,117)(H,91,116)(H,92,118)(H,93,115)(H,94,111)(H,95,120)(H,96,121)(H,97,112)(H,98,113)(H,99,114)(H,100,119)(H,101,122)(H,108,109). The van der Waals surface area contributed by atoms with Gasteiger partial charge in [-0.3, -0.25) is 86.3 Å². The number of ketones is 1. The molecule has 1 aliphatic rings. The first-order valence-electron chi connectivity index (χ1n) is 43.4. The van der Waals surface area contributed by atoms with Gasteiger partial charge in [0.05, 0.1) is 12.5 Å². The third-order valence-electron chi connectivity index (χ3n) is 20.2. The number of aliphatic hydroxyl groups is 1. The topological polar surface area (TPSA) is 638 Å². The van der Waals surface area contributed by atoms with Crippen LogP contribution in [0, 0.1) is 47.3 Å². The van der Waals surface area contributed by atoms with Gasteiger partial charge < -0.3 is 111 Å². The monoisotopic (exact) mass is 1760 g/mol. The SMILES string of the molecule is CCCCCCCC(O)CC(=O)NC(CC(C)C)C(=O)NC(CCC(=O)O)C(=O)NC(CCC(N)=O)C(=O)NC(C(=O)NC(CC(C)C)C(=O)NC(CCC(N)=O)C(=O)NC1COC(=O)C(CC(C)C)NC(=O)C(CCC(N)=O)NC(=O)C(CC(C)C)NC(=O)C(CCC(C)=O)NC(=O)C(CC(C)C)NC(=O)C(C(C)C)NC(=O)C(C(C)C)NC1=O)C(C)C. The molecule has 0 saturated carbocycles. The van der Waals surface area contributed by atoms with Crippen molar-refractivity contribution in [1.29, 1.82) is 0 Å². The lowest BCUT2D eigenvalue weighted by Crippen LogP contribution is -2.62. The van der Waals surface area contributed by atoms with Gasteiger partial charge in [0.15, 0.2) is 0 Å². The van der Waals surface area contributed by atoms with Gasteiger partial charge >= 0.3 is 11.9 Å². The van der Waals surface area contributed by atoms with E-state index in [9.17, 15) is 96.5 Å². The number of aliphatic hydroxyl groups excluding tert-OH is 1. The summed E-state index contributed by atoms with van der Waals surface area (Å²) in [7, 11) is 0. The molecule has 40 heteroatoms. The van der Waals surface area contributed by atoms with E-state index in [1.165, 1.54) is 34.6 Å². The molecule has 1 heterocycles. The summed E-state index contributed by atoms with van der Waals surface area (Å²) in [6, 6.07) is -22.7. The summed E-state index contributed by atoms with van der Waals surface area (Å²) in [4.78, 5) is 279. The highest BCUT2D eigenvalue weighted by atomic mass is 16.5. The van der Waals surface area contributed by atoms with Crippen molar-refractivity contribution >= 4 is 118 Å². The number of carboxylic acids is 1. The summed E-state index contributed by atoms with van der Waals surface area (Å²) in [5.74, 6) is -24.4. The summed E-state index contributed by atoms with van der Waals surface area (Å²) < 4.78 is 5.77. The molecule has 40 nitrogen and oxygen atoms in total. The number of carboxylic acid groups (broad SMARTS) is 1. The first-order chi connectivity index (χ1) is 57.8. The Bertz CT molecular complexity index is 3610. The van der Waals surface area contributed by atoms with E-state index in [2.05, 4.69) is 81.4 Å². The van der Waals surface area contributed by atoms with Crippen LogP contribution >= 0.6 is 0 Å². The second-order valence-electron chi connectivity index (χ2n) is 35.4. The van der Waals surface area contributed by atoms with Gasteiger partial charge in [0.25, 0.3) is 0 Å². The highest BCUT2D eigenvalue weighted by Crippen LogP contribution is 2.19. The third-order valence-corrected chi connectivity index (χ3v) is 20.2. The van der Waals surface area contributed by atoms with Crippen molar-refractivity contribution < 1.29 is 111 Å². The molecule has 704 valence electrons. The van der Waals surface area contributed by atoms with Crippen LogP contribution in [0.2, 0.25) is 0 Å². The fourth-order valence-electron chi connectivity index (χ4n) is 13.4. The number of unbranched alkanes of at least 4 members (excludes halogenated alkanes) is 4. The molecule has 0 aromatic heterocycles. The number of cyclic esters (lactones) is 1. The third kappa shape index (κ3) is 44.8. The average molecular weight is 1760 g/mol. The van der Waals surface area contributed by atoms with Crippen molar-refractivity contribution in [3.05, 3.63) is 0 Å². The Balaban J connectivity index is 4.20. The lowest BCUT2D eigenvalue weighted by atomic mass is 9.97. The van der Waals surface area contributed by atoms with Crippen LogP contribution in [-0.2, 0) is 101 Å². The van der Waals surface area contributed by atoms with Gasteiger partial charge in [-0.1, -0.05) is 150 Å². The zero-order valence-corrected chi connectivity index (χ0v) is 75.7. The molecule has 0 aliphatic carbocycles. The molecule has 0 aromatic carbocycles. The van der Waals surface area contributed by atoms with Crippen LogP contribution in [0.25, 0.3) is 0 Å². The zero-order valence-electron chi connectivity index (χ0n) is 75.7. The number of carbonyl (C=O) groups is 20. The van der Waals surface area contributed by atoms with Gasteiger partial charge in [0, 0.05) is 32.1 Å². The van der Waals surface area contributed by atoms with Crippen molar-refractivity contribution in [3.8, 4) is 0 Å². The Morgan fingerprint density at radius 2 is 0.774 bits per heavy atom. The summed E-state index contributed by atoms with van der Waals surface area (Å²) in [6.45, 7) is 28.3. The van der Waals surface area contributed by atoms with E-state index in [4.69, 9.17) is 21.9 Å². The first-order valence-corrected chi connectivity index (χ1v) is 43.4. The van der Waals surface area contributed by atoms with Gasteiger partial charge in [0.1, 0.15) is 97.0 Å². The molecule has 15 unspecified atom stereocenters. The second kappa shape index (κ2) is 57.2. The molecule has 1 aliphatic heterocycles. The zero-order chi connectivity index (χ0) is 94.7. The van der Waals surface area contributed by atoms with Gasteiger partial charge in [-0.15, -0.1) is 0 Å². The molecular formula is C84H145N17O23. The maximum absolute atomic E-state index is 15.1. The maximum atomic E-state index is 15.1. The number of hydrogen-bond acceptors (Lipinski definition) is 22. The van der Waals surface area contributed by atoms with E-state index in [1.54, 1.807) is 83.1 Å². The Kier molecular flexibility index (Phi) is 51.4.